The number of nitrogens with zero attached hydrogens (tertiary/aromatic N) is 3. The molecule has 0 bridgehead atoms. The maximum absolute atomic E-state index is 12.2. The van der Waals surface area contributed by atoms with Crippen molar-refractivity contribution in [3.63, 3.8) is 0 Å². The number of anilines is 1. The molecule has 1 amide bonds. The summed E-state index contributed by atoms with van der Waals surface area (Å²) in [6.07, 6.45) is 7.15. The molecular weight excluding hydrogens is 276 g/mol. The van der Waals surface area contributed by atoms with Gasteiger partial charge >= 0.3 is 0 Å². The third-order valence-corrected chi connectivity index (χ3v) is 3.29. The number of aryl methyl sites for hydroxylation is 1. The van der Waals surface area contributed by atoms with Crippen molar-refractivity contribution in [3.8, 4) is 0 Å². The van der Waals surface area contributed by atoms with Crippen molar-refractivity contribution in [2.75, 3.05) is 5.32 Å². The van der Waals surface area contributed by atoms with Crippen LogP contribution in [0.3, 0.4) is 0 Å². The van der Waals surface area contributed by atoms with Crippen LogP contribution in [0.5, 0.6) is 0 Å². The predicted octanol–water partition coefficient (Wildman–Crippen LogP) is 2.89. The molecule has 0 atom stereocenters. The molecule has 22 heavy (non-hydrogen) atoms. The van der Waals surface area contributed by atoms with E-state index in [0.717, 1.165) is 17.7 Å². The Bertz CT molecular complexity index is 746. The van der Waals surface area contributed by atoms with Gasteiger partial charge in [0.2, 0.25) is 0 Å². The van der Waals surface area contributed by atoms with Gasteiger partial charge in [0.1, 0.15) is 5.82 Å². The summed E-state index contributed by atoms with van der Waals surface area (Å²) in [6.45, 7) is 2.69. The second kappa shape index (κ2) is 6.22. The number of imidazole rings is 1. The van der Waals surface area contributed by atoms with Crippen LogP contribution in [0.25, 0.3) is 0 Å². The molecule has 1 N–H and O–H groups in total. The molecule has 0 aliphatic carbocycles. The fourth-order valence-corrected chi connectivity index (χ4v) is 2.08. The van der Waals surface area contributed by atoms with E-state index in [1.165, 1.54) is 0 Å². The molecule has 0 radical (unpaired) electrons. The molecule has 0 aliphatic heterocycles. The maximum Gasteiger partial charge on any atom is 0.256 e. The van der Waals surface area contributed by atoms with Gasteiger partial charge in [-0.25, -0.2) is 9.97 Å². The molecule has 5 nitrogen and oxygen atoms in total. The number of rotatable bonds is 4. The number of hydrogen-bond donors (Lipinski definition) is 1. The van der Waals surface area contributed by atoms with Gasteiger partial charge in [-0.05, 0) is 36.2 Å². The van der Waals surface area contributed by atoms with Gasteiger partial charge in [-0.3, -0.25) is 4.79 Å². The summed E-state index contributed by atoms with van der Waals surface area (Å²) in [4.78, 5) is 20.3. The zero-order valence-electron chi connectivity index (χ0n) is 12.2. The van der Waals surface area contributed by atoms with Crippen LogP contribution in [-0.4, -0.2) is 20.4 Å². The first kappa shape index (κ1) is 14.0. The highest BCUT2D eigenvalue weighted by atomic mass is 16.1. The molecule has 0 saturated heterocycles. The van der Waals surface area contributed by atoms with E-state index in [9.17, 15) is 4.79 Å². The van der Waals surface area contributed by atoms with Gasteiger partial charge < -0.3 is 9.88 Å². The topological polar surface area (TPSA) is 59.8 Å². The van der Waals surface area contributed by atoms with E-state index in [2.05, 4.69) is 15.3 Å². The average molecular weight is 292 g/mol. The van der Waals surface area contributed by atoms with Crippen molar-refractivity contribution in [3.05, 3.63) is 78.0 Å². The van der Waals surface area contributed by atoms with E-state index in [1.807, 2.05) is 48.0 Å². The van der Waals surface area contributed by atoms with Gasteiger partial charge in [-0.15, -0.1) is 0 Å². The normalized spacial score (nSPS) is 10.4. The lowest BCUT2D eigenvalue weighted by Gasteiger charge is -2.06. The molecule has 0 unspecified atom stereocenters. The van der Waals surface area contributed by atoms with Gasteiger partial charge in [0.25, 0.3) is 5.91 Å². The minimum atomic E-state index is -0.162. The molecular formula is C17H16N4O. The van der Waals surface area contributed by atoms with E-state index < -0.39 is 0 Å². The van der Waals surface area contributed by atoms with E-state index in [4.69, 9.17) is 0 Å². The molecule has 2 heterocycles. The summed E-state index contributed by atoms with van der Waals surface area (Å²) < 4.78 is 1.98. The number of benzene rings is 1. The van der Waals surface area contributed by atoms with Crippen molar-refractivity contribution in [2.45, 2.75) is 13.5 Å². The quantitative estimate of drug-likeness (QED) is 0.804. The van der Waals surface area contributed by atoms with Crippen molar-refractivity contribution in [1.29, 1.82) is 0 Å². The van der Waals surface area contributed by atoms with Crippen LogP contribution < -0.4 is 5.32 Å². The van der Waals surface area contributed by atoms with Crippen molar-refractivity contribution < 1.29 is 4.79 Å². The van der Waals surface area contributed by atoms with Crippen LogP contribution >= 0.6 is 0 Å². The summed E-state index contributed by atoms with van der Waals surface area (Å²) in [6, 6.07) is 11.2. The Morgan fingerprint density at radius 2 is 2.00 bits per heavy atom. The molecule has 0 aliphatic rings. The highest BCUT2D eigenvalue weighted by Crippen LogP contribution is 2.10. The van der Waals surface area contributed by atoms with Gasteiger partial charge in [-0.2, -0.15) is 0 Å². The van der Waals surface area contributed by atoms with E-state index in [0.29, 0.717) is 11.4 Å². The number of amides is 1. The first-order valence-corrected chi connectivity index (χ1v) is 6.99. The molecule has 0 fully saturated rings. The Morgan fingerprint density at radius 3 is 2.64 bits per heavy atom. The number of carbonyl (C=O) groups is 1. The zero-order chi connectivity index (χ0) is 15.4. The monoisotopic (exact) mass is 292 g/mol. The standard InChI is InChI=1S/C17H16N4O/c1-13-2-7-16(19-10-13)20-17(22)15-5-3-14(4-6-15)11-21-9-8-18-12-21/h2-10,12H,11H2,1H3,(H,19,20,22). The Labute approximate surface area is 128 Å². The third kappa shape index (κ3) is 3.38. The van der Waals surface area contributed by atoms with E-state index in [1.54, 1.807) is 24.8 Å². The first-order chi connectivity index (χ1) is 10.7. The lowest BCUT2D eigenvalue weighted by atomic mass is 10.1. The van der Waals surface area contributed by atoms with Crippen LogP contribution in [0, 0.1) is 6.92 Å². The largest absolute Gasteiger partial charge is 0.333 e. The molecule has 3 aromatic rings. The highest BCUT2D eigenvalue weighted by Gasteiger charge is 2.06. The second-order valence-electron chi connectivity index (χ2n) is 5.11. The fraction of sp³-hybridized carbons (Fsp3) is 0.118. The molecule has 2 aromatic heterocycles. The van der Waals surface area contributed by atoms with Gasteiger partial charge in [0.15, 0.2) is 0 Å². The summed E-state index contributed by atoms with van der Waals surface area (Å²) in [5, 5.41) is 2.79. The fourth-order valence-electron chi connectivity index (χ4n) is 2.08. The summed E-state index contributed by atoms with van der Waals surface area (Å²) >= 11 is 0. The molecule has 110 valence electrons. The summed E-state index contributed by atoms with van der Waals surface area (Å²) in [5.74, 6) is 0.392. The van der Waals surface area contributed by atoms with Crippen LogP contribution in [0.15, 0.2) is 61.3 Å². The van der Waals surface area contributed by atoms with Crippen molar-refractivity contribution in [1.82, 2.24) is 14.5 Å². The lowest BCUT2D eigenvalue weighted by molar-refractivity contribution is 0.102. The Morgan fingerprint density at radius 1 is 1.18 bits per heavy atom. The summed E-state index contributed by atoms with van der Waals surface area (Å²) in [5.41, 5.74) is 2.78. The van der Waals surface area contributed by atoms with Gasteiger partial charge in [-0.1, -0.05) is 18.2 Å². The number of nitrogens with one attached hydrogen (secondary N) is 1. The number of hydrogen-bond acceptors (Lipinski definition) is 3. The molecule has 1 aromatic carbocycles. The molecule has 5 heteroatoms. The predicted molar refractivity (Wildman–Crippen MR) is 84.7 cm³/mol. The molecule has 3 rings (SSSR count). The summed E-state index contributed by atoms with van der Waals surface area (Å²) in [7, 11) is 0. The minimum Gasteiger partial charge on any atom is -0.333 e. The van der Waals surface area contributed by atoms with Crippen molar-refractivity contribution >= 4 is 11.7 Å². The molecule has 0 saturated carbocycles. The lowest BCUT2D eigenvalue weighted by Crippen LogP contribution is -2.13. The van der Waals surface area contributed by atoms with Gasteiger partial charge in [0.05, 0.1) is 6.33 Å². The zero-order valence-corrected chi connectivity index (χ0v) is 12.2. The molecule has 0 spiro atoms. The van der Waals surface area contributed by atoms with Gasteiger partial charge in [0, 0.05) is 30.7 Å². The Hall–Kier alpha value is -2.95. The number of pyridine rings is 1. The average Bonchev–Trinajstić information content (AvgIpc) is 3.03. The maximum atomic E-state index is 12.2. The van der Waals surface area contributed by atoms with Crippen LogP contribution in [0.1, 0.15) is 21.5 Å². The van der Waals surface area contributed by atoms with E-state index >= 15 is 0 Å². The Kier molecular flexibility index (Phi) is 3.96. The van der Waals surface area contributed by atoms with Crippen LogP contribution in [-0.2, 0) is 6.54 Å². The Balaban J connectivity index is 1.66. The van der Waals surface area contributed by atoms with Crippen molar-refractivity contribution in [2.24, 2.45) is 0 Å². The van der Waals surface area contributed by atoms with Crippen LogP contribution in [0.2, 0.25) is 0 Å². The SMILES string of the molecule is Cc1ccc(NC(=O)c2ccc(Cn3ccnc3)cc2)nc1. The smallest absolute Gasteiger partial charge is 0.256 e. The van der Waals surface area contributed by atoms with E-state index in [-0.39, 0.29) is 5.91 Å². The second-order valence-corrected chi connectivity index (χ2v) is 5.11. The number of aromatic nitrogens is 3. The number of carbonyl (C=O) groups excluding carboxylic acids is 1. The van der Waals surface area contributed by atoms with Crippen LogP contribution in [0.4, 0.5) is 5.82 Å². The minimum absolute atomic E-state index is 0.162. The highest BCUT2D eigenvalue weighted by molar-refractivity contribution is 6.03. The third-order valence-electron chi connectivity index (χ3n) is 3.29. The first-order valence-electron chi connectivity index (χ1n) is 6.99.